The Bertz CT molecular complexity index is 1610. The monoisotopic (exact) mass is 748 g/mol. The van der Waals surface area contributed by atoms with Gasteiger partial charge in [0.05, 0.1) is 30.3 Å². The van der Waals surface area contributed by atoms with E-state index in [2.05, 4.69) is 60.6 Å². The molecular formula is C46H68O8. The van der Waals surface area contributed by atoms with Crippen LogP contribution in [0.25, 0.3) is 0 Å². The molecule has 0 heterocycles. The van der Waals surface area contributed by atoms with Crippen LogP contribution in [0.15, 0.2) is 23.3 Å². The van der Waals surface area contributed by atoms with Crippen molar-refractivity contribution in [1.29, 1.82) is 0 Å². The molecule has 8 heteroatoms. The maximum Gasteiger partial charge on any atom is 0.310 e. The molecule has 0 aromatic carbocycles. The second-order valence-corrected chi connectivity index (χ2v) is 21.2. The van der Waals surface area contributed by atoms with Gasteiger partial charge in [0, 0.05) is 10.8 Å². The Hall–Kier alpha value is -2.64. The van der Waals surface area contributed by atoms with Crippen LogP contribution in [0, 0.1) is 68.0 Å². The lowest BCUT2D eigenvalue weighted by atomic mass is 9.35. The Morgan fingerprint density at radius 1 is 0.685 bits per heavy atom. The molecule has 0 amide bonds. The number of aliphatic carboxylic acids is 2. The van der Waals surface area contributed by atoms with Gasteiger partial charge in [-0.25, -0.2) is 0 Å². The van der Waals surface area contributed by atoms with Gasteiger partial charge in [-0.3, -0.25) is 19.2 Å². The molecule has 0 bridgehead atoms. The van der Waals surface area contributed by atoms with Gasteiger partial charge >= 0.3 is 23.9 Å². The fraction of sp³-hybridized carbons (Fsp3) is 0.826. The van der Waals surface area contributed by atoms with E-state index in [-0.39, 0.29) is 50.5 Å². The highest BCUT2D eigenvalue weighted by Gasteiger charge is 2.67. The molecule has 8 nitrogen and oxygen atoms in total. The summed E-state index contributed by atoms with van der Waals surface area (Å²) in [7, 11) is 0. The van der Waals surface area contributed by atoms with Gasteiger partial charge < -0.3 is 19.7 Å². The molecule has 5 saturated carbocycles. The lowest BCUT2D eigenvalue weighted by molar-refractivity contribution is -0.203. The van der Waals surface area contributed by atoms with Crippen molar-refractivity contribution in [2.24, 2.45) is 68.0 Å². The molecule has 300 valence electrons. The topological polar surface area (TPSA) is 127 Å². The Morgan fingerprint density at radius 2 is 1.26 bits per heavy atom. The van der Waals surface area contributed by atoms with Gasteiger partial charge in [-0.15, -0.1) is 0 Å². The third kappa shape index (κ3) is 6.21. The Morgan fingerprint density at radius 3 is 1.87 bits per heavy atom. The van der Waals surface area contributed by atoms with Crippen LogP contribution in [0.2, 0.25) is 0 Å². The summed E-state index contributed by atoms with van der Waals surface area (Å²) in [5, 5.41) is 19.6. The highest BCUT2D eigenvalue weighted by atomic mass is 16.5. The summed E-state index contributed by atoms with van der Waals surface area (Å²) in [5.74, 6) is -4.01. The third-order valence-corrected chi connectivity index (χ3v) is 17.8. The third-order valence-electron chi connectivity index (χ3n) is 17.8. The van der Waals surface area contributed by atoms with E-state index in [0.717, 1.165) is 83.5 Å². The van der Waals surface area contributed by atoms with Crippen LogP contribution >= 0.6 is 0 Å². The normalized spacial score (nSPS) is 45.5. The molecule has 10 unspecified atom stereocenters. The molecule has 0 saturated heterocycles. The van der Waals surface area contributed by atoms with Crippen molar-refractivity contribution < 1.29 is 38.9 Å². The molecule has 12 atom stereocenters. The number of hydrogen-bond donors (Lipinski definition) is 2. The number of carboxylic acids is 2. The molecule has 0 radical (unpaired) electrons. The van der Waals surface area contributed by atoms with Gasteiger partial charge in [-0.2, -0.15) is 0 Å². The van der Waals surface area contributed by atoms with Crippen molar-refractivity contribution in [3.63, 3.8) is 0 Å². The Kier molecular flexibility index (Phi) is 10.1. The van der Waals surface area contributed by atoms with E-state index in [0.29, 0.717) is 44.1 Å². The quantitative estimate of drug-likeness (QED) is 0.247. The highest BCUT2D eigenvalue weighted by Crippen LogP contribution is 2.74. The second kappa shape index (κ2) is 13.8. The predicted molar refractivity (Wildman–Crippen MR) is 206 cm³/mol. The van der Waals surface area contributed by atoms with Crippen molar-refractivity contribution in [2.45, 2.75) is 164 Å². The number of rotatable bonds is 7. The first-order valence-electron chi connectivity index (χ1n) is 21.5. The van der Waals surface area contributed by atoms with Crippen molar-refractivity contribution in [1.82, 2.24) is 0 Å². The summed E-state index contributed by atoms with van der Waals surface area (Å²) >= 11 is 0. The van der Waals surface area contributed by atoms with Gasteiger partial charge in [-0.1, -0.05) is 91.9 Å². The molecule has 7 aliphatic rings. The van der Waals surface area contributed by atoms with E-state index in [1.165, 1.54) is 5.57 Å². The van der Waals surface area contributed by atoms with Gasteiger partial charge in [0.25, 0.3) is 0 Å². The van der Waals surface area contributed by atoms with Crippen LogP contribution < -0.4 is 0 Å². The molecule has 0 aliphatic heterocycles. The van der Waals surface area contributed by atoms with Gasteiger partial charge in [0.2, 0.25) is 0 Å². The zero-order valence-corrected chi connectivity index (χ0v) is 34.3. The predicted octanol–water partition coefficient (Wildman–Crippen LogP) is 9.95. The number of hydrogen-bond acceptors (Lipinski definition) is 6. The number of carbonyl (C=O) groups excluding carboxylic acids is 2. The standard InChI is InChI=1S/C46H68O8/c1-41(2)34-18-21-46(7)35(44(34,5)20-19-36(41)54-40(52)31-15-11-9-13-29(31)38(49)50)17-16-32-33-26-42(3,22-23-43(33,4)24-25-45(32,46)6)27-53-39(51)30-14-10-8-12-28(30)37(47)48/h16-17,28-31,34-36H,8-15,18-27H2,1-7H3,(H,47,48)(H,49,50)/t28?,29?,30?,31?,34?,35?,36?,42-,43?,44?,45+,46?/m0/s1. The van der Waals surface area contributed by atoms with E-state index in [4.69, 9.17) is 9.47 Å². The van der Waals surface area contributed by atoms with E-state index in [1.807, 2.05) is 0 Å². The number of carbonyl (C=O) groups is 4. The molecule has 0 spiro atoms. The number of allylic oxidation sites excluding steroid dienone is 4. The second-order valence-electron chi connectivity index (χ2n) is 21.2. The lowest BCUT2D eigenvalue weighted by Gasteiger charge is -2.69. The Balaban J connectivity index is 1.12. The first-order valence-corrected chi connectivity index (χ1v) is 21.5. The molecule has 5 fully saturated rings. The summed E-state index contributed by atoms with van der Waals surface area (Å²) in [6.07, 6.45) is 19.8. The maximum absolute atomic E-state index is 13.6. The van der Waals surface area contributed by atoms with E-state index < -0.39 is 35.6 Å². The zero-order valence-electron chi connectivity index (χ0n) is 34.3. The van der Waals surface area contributed by atoms with Crippen molar-refractivity contribution in [3.8, 4) is 0 Å². The van der Waals surface area contributed by atoms with E-state index in [1.54, 1.807) is 5.57 Å². The van der Waals surface area contributed by atoms with Crippen LogP contribution in [0.4, 0.5) is 0 Å². The van der Waals surface area contributed by atoms with Crippen LogP contribution in [-0.4, -0.2) is 46.8 Å². The fourth-order valence-corrected chi connectivity index (χ4v) is 14.1. The fourth-order valence-electron chi connectivity index (χ4n) is 14.1. The van der Waals surface area contributed by atoms with Crippen LogP contribution in [0.5, 0.6) is 0 Å². The minimum atomic E-state index is -0.881. The summed E-state index contributed by atoms with van der Waals surface area (Å²) in [4.78, 5) is 50.9. The molecule has 7 aliphatic carbocycles. The average Bonchev–Trinajstić information content (AvgIpc) is 3.13. The van der Waals surface area contributed by atoms with E-state index in [9.17, 15) is 29.4 Å². The smallest absolute Gasteiger partial charge is 0.310 e. The summed E-state index contributed by atoms with van der Waals surface area (Å²) < 4.78 is 12.4. The summed E-state index contributed by atoms with van der Waals surface area (Å²) in [6.45, 7) is 17.3. The number of fused-ring (bicyclic) bond motifs is 6. The zero-order chi connectivity index (χ0) is 39.1. The van der Waals surface area contributed by atoms with Crippen LogP contribution in [0.1, 0.15) is 158 Å². The Labute approximate surface area is 323 Å². The lowest BCUT2D eigenvalue weighted by Crippen LogP contribution is -2.63. The van der Waals surface area contributed by atoms with Gasteiger partial charge in [0.15, 0.2) is 0 Å². The molecule has 0 aromatic heterocycles. The number of carboxylic acid groups (broad SMARTS) is 2. The average molecular weight is 749 g/mol. The molecular weight excluding hydrogens is 680 g/mol. The van der Waals surface area contributed by atoms with Crippen molar-refractivity contribution >= 4 is 23.9 Å². The largest absolute Gasteiger partial charge is 0.481 e. The van der Waals surface area contributed by atoms with E-state index >= 15 is 0 Å². The highest BCUT2D eigenvalue weighted by molar-refractivity contribution is 5.82. The summed E-state index contributed by atoms with van der Waals surface area (Å²) in [6, 6.07) is 0. The van der Waals surface area contributed by atoms with Crippen LogP contribution in [-0.2, 0) is 28.7 Å². The first kappa shape index (κ1) is 39.6. The SMILES string of the molecule is CC12CC[C@](C)(COC(=O)C3CCCCC3C(=O)O)CC1=C1C=CC3C4(C)CCC(OC(=O)C5CCCCC5C(=O)O)C(C)(C)C4CCC3(C)[C@]1(C)CC2. The molecule has 0 aromatic rings. The van der Waals surface area contributed by atoms with Crippen molar-refractivity contribution in [2.75, 3.05) is 6.61 Å². The van der Waals surface area contributed by atoms with Gasteiger partial charge in [0.1, 0.15) is 6.10 Å². The van der Waals surface area contributed by atoms with Gasteiger partial charge in [-0.05, 0) is 123 Å². The van der Waals surface area contributed by atoms with Crippen molar-refractivity contribution in [3.05, 3.63) is 23.3 Å². The minimum absolute atomic E-state index is 0.00125. The maximum atomic E-state index is 13.6. The van der Waals surface area contributed by atoms with Crippen LogP contribution in [0.3, 0.4) is 0 Å². The number of ether oxygens (including phenoxy) is 2. The summed E-state index contributed by atoms with van der Waals surface area (Å²) in [5.41, 5.74) is 2.83. The molecule has 54 heavy (non-hydrogen) atoms. The minimum Gasteiger partial charge on any atom is -0.481 e. The number of esters is 2. The molecule has 2 N–H and O–H groups in total. The first-order chi connectivity index (χ1) is 25.3. The molecule has 7 rings (SSSR count).